The number of amides is 1. The van der Waals surface area contributed by atoms with Crippen molar-refractivity contribution in [3.63, 3.8) is 0 Å². The maximum atomic E-state index is 13.4. The van der Waals surface area contributed by atoms with E-state index in [4.69, 9.17) is 21.3 Å². The lowest BCUT2D eigenvalue weighted by Crippen LogP contribution is -2.34. The molecule has 0 aliphatic heterocycles. The largest absolute Gasteiger partial charge is 0.494 e. The van der Waals surface area contributed by atoms with Crippen LogP contribution in [-0.2, 0) is 11.3 Å². The summed E-state index contributed by atoms with van der Waals surface area (Å²) in [4.78, 5) is 17.2. The van der Waals surface area contributed by atoms with E-state index in [0.29, 0.717) is 36.1 Å². The average Bonchev–Trinajstić information content (AvgIpc) is 3.17. The van der Waals surface area contributed by atoms with E-state index in [1.54, 1.807) is 31.4 Å². The third-order valence-corrected chi connectivity index (χ3v) is 5.79. The monoisotopic (exact) mass is 476 g/mol. The van der Waals surface area contributed by atoms with Crippen LogP contribution < -0.4 is 20.2 Å². The lowest BCUT2D eigenvalue weighted by atomic mass is 10.1. The maximum Gasteiger partial charge on any atom is 0.233 e. The van der Waals surface area contributed by atoms with Gasteiger partial charge in [-0.25, -0.2) is 9.38 Å². The van der Waals surface area contributed by atoms with Crippen LogP contribution in [0.15, 0.2) is 52.8 Å². The molecular formula is C23H26ClFN4O2S. The van der Waals surface area contributed by atoms with E-state index in [2.05, 4.69) is 15.2 Å². The topological polar surface area (TPSA) is 67.7 Å². The van der Waals surface area contributed by atoms with Crippen LogP contribution in [0.4, 0.5) is 10.1 Å². The van der Waals surface area contributed by atoms with E-state index in [1.807, 2.05) is 18.4 Å². The van der Waals surface area contributed by atoms with E-state index < -0.39 is 0 Å². The number of rotatable bonds is 10. The predicted molar refractivity (Wildman–Crippen MR) is 127 cm³/mol. The van der Waals surface area contributed by atoms with Crippen molar-refractivity contribution in [2.45, 2.75) is 19.9 Å². The van der Waals surface area contributed by atoms with Crippen LogP contribution in [0.25, 0.3) is 11.3 Å². The Bertz CT molecular complexity index is 1110. The van der Waals surface area contributed by atoms with Crippen LogP contribution >= 0.6 is 22.9 Å². The molecule has 1 heterocycles. The fourth-order valence-corrected chi connectivity index (χ4v) is 4.27. The zero-order chi connectivity index (χ0) is 22.9. The Morgan fingerprint density at radius 2 is 2.03 bits per heavy atom. The first-order valence-electron chi connectivity index (χ1n) is 10.3. The molecule has 3 aromatic rings. The third kappa shape index (κ3) is 6.41. The lowest BCUT2D eigenvalue weighted by Gasteiger charge is -2.11. The van der Waals surface area contributed by atoms with Crippen molar-refractivity contribution in [3.8, 4) is 17.0 Å². The zero-order valence-electron chi connectivity index (χ0n) is 18.0. The molecule has 3 rings (SSSR count). The fraction of sp³-hybridized carbons (Fsp3) is 0.304. The molecule has 0 fully saturated rings. The second-order valence-electron chi connectivity index (χ2n) is 6.97. The quantitative estimate of drug-likeness (QED) is 0.427. The summed E-state index contributed by atoms with van der Waals surface area (Å²) in [7, 11) is 1.58. The van der Waals surface area contributed by atoms with Crippen LogP contribution in [0.1, 0.15) is 13.3 Å². The van der Waals surface area contributed by atoms with Crippen LogP contribution in [0.2, 0.25) is 5.02 Å². The number of carbonyl (C=O) groups excluding carboxylic acids is 1. The van der Waals surface area contributed by atoms with E-state index in [-0.39, 0.29) is 18.3 Å². The Morgan fingerprint density at radius 1 is 1.25 bits per heavy atom. The Balaban J connectivity index is 1.87. The van der Waals surface area contributed by atoms with Gasteiger partial charge in [0.25, 0.3) is 0 Å². The van der Waals surface area contributed by atoms with Crippen LogP contribution in [0.5, 0.6) is 5.75 Å². The van der Waals surface area contributed by atoms with Crippen LogP contribution in [0, 0.1) is 5.82 Å². The second kappa shape index (κ2) is 11.8. The molecule has 0 saturated heterocycles. The van der Waals surface area contributed by atoms with Gasteiger partial charge in [0.05, 0.1) is 19.3 Å². The number of ether oxygens (including phenoxy) is 1. The van der Waals surface area contributed by atoms with Gasteiger partial charge >= 0.3 is 0 Å². The van der Waals surface area contributed by atoms with Gasteiger partial charge < -0.3 is 19.9 Å². The molecule has 0 saturated carbocycles. The van der Waals surface area contributed by atoms with E-state index in [1.165, 1.54) is 23.5 Å². The highest BCUT2D eigenvalue weighted by atomic mass is 35.5. The molecule has 2 N–H and O–H groups in total. The smallest absolute Gasteiger partial charge is 0.233 e. The highest BCUT2D eigenvalue weighted by Crippen LogP contribution is 2.30. The van der Waals surface area contributed by atoms with Gasteiger partial charge in [0.15, 0.2) is 4.80 Å². The third-order valence-electron chi connectivity index (χ3n) is 4.69. The Hall–Kier alpha value is -2.68. The van der Waals surface area contributed by atoms with Crippen molar-refractivity contribution in [1.82, 2.24) is 15.2 Å². The minimum atomic E-state index is -0.277. The van der Waals surface area contributed by atoms with E-state index in [9.17, 15) is 9.18 Å². The van der Waals surface area contributed by atoms with Crippen LogP contribution in [0.3, 0.4) is 0 Å². The number of hydrogen-bond donors (Lipinski definition) is 2. The molecule has 2 aromatic carbocycles. The number of benzene rings is 2. The minimum absolute atomic E-state index is 0.0202. The van der Waals surface area contributed by atoms with Crippen molar-refractivity contribution in [2.75, 3.05) is 26.7 Å². The van der Waals surface area contributed by atoms with Crippen molar-refractivity contribution < 1.29 is 13.9 Å². The molecule has 1 aromatic heterocycles. The van der Waals surface area contributed by atoms with Crippen molar-refractivity contribution in [2.24, 2.45) is 4.99 Å². The predicted octanol–water partition coefficient (Wildman–Crippen LogP) is 4.37. The average molecular weight is 477 g/mol. The molecule has 32 heavy (non-hydrogen) atoms. The molecular weight excluding hydrogens is 451 g/mol. The normalized spacial score (nSPS) is 11.6. The molecule has 0 radical (unpaired) electrons. The van der Waals surface area contributed by atoms with E-state index >= 15 is 0 Å². The summed E-state index contributed by atoms with van der Waals surface area (Å²) in [6, 6.07) is 11.7. The summed E-state index contributed by atoms with van der Waals surface area (Å²) >= 11 is 7.57. The van der Waals surface area contributed by atoms with Crippen molar-refractivity contribution in [3.05, 3.63) is 63.5 Å². The Kier molecular flexibility index (Phi) is 8.84. The van der Waals surface area contributed by atoms with E-state index in [0.717, 1.165) is 22.5 Å². The summed E-state index contributed by atoms with van der Waals surface area (Å²) in [5.74, 6) is 0.290. The molecule has 170 valence electrons. The number of methoxy groups -OCH3 is 1. The van der Waals surface area contributed by atoms with Gasteiger partial charge in [-0.15, -0.1) is 11.3 Å². The Morgan fingerprint density at radius 3 is 2.75 bits per heavy atom. The molecule has 0 atom stereocenters. The first-order chi connectivity index (χ1) is 15.5. The number of carbonyl (C=O) groups is 1. The molecule has 0 spiro atoms. The molecule has 0 unspecified atom stereocenters. The number of hydrogen-bond acceptors (Lipinski definition) is 5. The van der Waals surface area contributed by atoms with Gasteiger partial charge in [0.2, 0.25) is 5.91 Å². The SMILES string of the molecule is CCNC(=O)CNCCCn1c(-c2ccc(F)cc2)cs/c1=N/c1ccc(Cl)cc1OC. The number of halogens is 2. The lowest BCUT2D eigenvalue weighted by molar-refractivity contribution is -0.120. The molecule has 0 bridgehead atoms. The Labute approximate surface area is 195 Å². The first kappa shape index (κ1) is 24.0. The molecule has 9 heteroatoms. The number of aromatic nitrogens is 1. The molecule has 6 nitrogen and oxygen atoms in total. The van der Waals surface area contributed by atoms with Gasteiger partial charge in [0.1, 0.15) is 17.3 Å². The van der Waals surface area contributed by atoms with Gasteiger partial charge in [-0.1, -0.05) is 11.6 Å². The number of thiazole rings is 1. The molecule has 1 amide bonds. The van der Waals surface area contributed by atoms with Gasteiger partial charge in [-0.3, -0.25) is 4.79 Å². The highest BCUT2D eigenvalue weighted by Gasteiger charge is 2.10. The maximum absolute atomic E-state index is 13.4. The van der Waals surface area contributed by atoms with Crippen LogP contribution in [-0.4, -0.2) is 37.2 Å². The van der Waals surface area contributed by atoms with Gasteiger partial charge in [-0.05, 0) is 61.9 Å². The number of likely N-dealkylation sites (N-methyl/N-ethyl adjacent to an activating group) is 1. The number of nitrogens with one attached hydrogen (secondary N) is 2. The van der Waals surface area contributed by atoms with Crippen molar-refractivity contribution >= 4 is 34.5 Å². The first-order valence-corrected chi connectivity index (χ1v) is 11.6. The molecule has 0 aliphatic carbocycles. The van der Waals surface area contributed by atoms with Gasteiger partial charge in [-0.2, -0.15) is 0 Å². The second-order valence-corrected chi connectivity index (χ2v) is 8.25. The summed E-state index contributed by atoms with van der Waals surface area (Å²) in [5.41, 5.74) is 2.53. The van der Waals surface area contributed by atoms with Gasteiger partial charge in [0, 0.05) is 29.6 Å². The molecule has 0 aliphatic rings. The number of nitrogens with zero attached hydrogens (tertiary/aromatic N) is 2. The minimum Gasteiger partial charge on any atom is -0.494 e. The van der Waals surface area contributed by atoms with Crippen molar-refractivity contribution in [1.29, 1.82) is 0 Å². The highest BCUT2D eigenvalue weighted by molar-refractivity contribution is 7.07. The standard InChI is InChI=1S/C23H26ClFN4O2S/c1-3-27-22(30)14-26-11-4-12-29-20(16-5-8-18(25)9-6-16)15-32-23(29)28-19-10-7-17(24)13-21(19)31-2/h5-10,13,15,26H,3-4,11-12,14H2,1-2H3,(H,27,30)/b28-23+. The summed E-state index contributed by atoms with van der Waals surface area (Å²) in [5, 5.41) is 8.50. The summed E-state index contributed by atoms with van der Waals surface area (Å²) in [6.07, 6.45) is 0.787. The fourth-order valence-electron chi connectivity index (χ4n) is 3.16. The summed E-state index contributed by atoms with van der Waals surface area (Å²) in [6.45, 7) is 4.14. The zero-order valence-corrected chi connectivity index (χ0v) is 19.6. The summed E-state index contributed by atoms with van der Waals surface area (Å²) < 4.78 is 21.0.